The van der Waals surface area contributed by atoms with Gasteiger partial charge in [-0.1, -0.05) is 41.4 Å². The Hall–Kier alpha value is -2.48. The molecular weight excluding hydrogens is 436 g/mol. The average Bonchev–Trinajstić information content (AvgIpc) is 3.00. The fraction of sp³-hybridized carbons (Fsp3) is 0.150. The molecule has 3 rings (SSSR count). The molecule has 0 fully saturated rings. The fourth-order valence-electron chi connectivity index (χ4n) is 2.55. The largest absolute Gasteiger partial charge is 0.343 e. The molecule has 0 bridgehead atoms. The first-order chi connectivity index (χ1) is 13.8. The van der Waals surface area contributed by atoms with E-state index < -0.39 is 11.8 Å². The molecule has 0 spiro atoms. The molecule has 9 heteroatoms. The Kier molecular flexibility index (Phi) is 6.84. The van der Waals surface area contributed by atoms with Crippen LogP contribution in [0.5, 0.6) is 0 Å². The third kappa shape index (κ3) is 5.53. The van der Waals surface area contributed by atoms with Crippen LogP contribution >= 0.6 is 34.5 Å². The second-order valence-corrected chi connectivity index (χ2v) is 8.08. The lowest BCUT2D eigenvalue weighted by Crippen LogP contribution is -2.33. The van der Waals surface area contributed by atoms with Gasteiger partial charge in [0.15, 0.2) is 5.13 Å². The van der Waals surface area contributed by atoms with E-state index in [-0.39, 0.29) is 22.9 Å². The molecule has 5 nitrogen and oxygen atoms in total. The number of nitrogens with one attached hydrogen (secondary N) is 2. The summed E-state index contributed by atoms with van der Waals surface area (Å²) in [6, 6.07) is 11.0. The highest BCUT2D eigenvalue weighted by atomic mass is 35.5. The van der Waals surface area contributed by atoms with E-state index in [1.54, 1.807) is 25.1 Å². The van der Waals surface area contributed by atoms with Gasteiger partial charge in [-0.3, -0.25) is 9.59 Å². The van der Waals surface area contributed by atoms with Gasteiger partial charge < -0.3 is 10.6 Å². The van der Waals surface area contributed by atoms with E-state index in [9.17, 15) is 14.0 Å². The number of aryl methyl sites for hydroxylation is 1. The molecule has 0 aliphatic heterocycles. The van der Waals surface area contributed by atoms with E-state index in [0.717, 1.165) is 4.88 Å². The van der Waals surface area contributed by atoms with Gasteiger partial charge in [0.25, 0.3) is 5.91 Å². The Balaban J connectivity index is 1.58. The number of rotatable bonds is 6. The normalized spacial score (nSPS) is 10.6. The Morgan fingerprint density at radius 2 is 1.93 bits per heavy atom. The standard InChI is InChI=1S/C20H16Cl2FN3O2S/c1-11-17(8-12-4-2-3-5-16(12)23)29-20(25-11)26-18(27)10-24-19(28)14-7-6-13(21)9-15(14)22/h2-7,9H,8,10H2,1H3,(H,24,28)(H,25,26,27). The molecule has 0 saturated heterocycles. The summed E-state index contributed by atoms with van der Waals surface area (Å²) in [6.45, 7) is 1.55. The highest BCUT2D eigenvalue weighted by Gasteiger charge is 2.15. The van der Waals surface area contributed by atoms with Gasteiger partial charge >= 0.3 is 0 Å². The lowest BCUT2D eigenvalue weighted by atomic mass is 10.1. The van der Waals surface area contributed by atoms with Gasteiger partial charge in [0, 0.05) is 16.3 Å². The third-order valence-electron chi connectivity index (χ3n) is 4.03. The summed E-state index contributed by atoms with van der Waals surface area (Å²) in [7, 11) is 0. The molecule has 0 aliphatic carbocycles. The summed E-state index contributed by atoms with van der Waals surface area (Å²) in [5.41, 5.74) is 1.50. The van der Waals surface area contributed by atoms with Crippen molar-refractivity contribution in [3.05, 3.63) is 80.0 Å². The number of hydrogen-bond donors (Lipinski definition) is 2. The summed E-state index contributed by atoms with van der Waals surface area (Å²) in [4.78, 5) is 29.5. The molecule has 0 atom stereocenters. The molecular formula is C20H16Cl2FN3O2S. The highest BCUT2D eigenvalue weighted by Crippen LogP contribution is 2.26. The number of thiazole rings is 1. The summed E-state index contributed by atoms with van der Waals surface area (Å²) >= 11 is 13.1. The minimum atomic E-state index is -0.489. The number of amides is 2. The van der Waals surface area contributed by atoms with Crippen LogP contribution in [0, 0.1) is 12.7 Å². The van der Waals surface area contributed by atoms with Crippen LogP contribution in [-0.4, -0.2) is 23.3 Å². The number of aromatic nitrogens is 1. The molecule has 150 valence electrons. The Morgan fingerprint density at radius 1 is 1.17 bits per heavy atom. The van der Waals surface area contributed by atoms with E-state index >= 15 is 0 Å². The molecule has 2 N–H and O–H groups in total. The smallest absolute Gasteiger partial charge is 0.253 e. The quantitative estimate of drug-likeness (QED) is 0.562. The Labute approximate surface area is 180 Å². The van der Waals surface area contributed by atoms with Crippen LogP contribution in [0.4, 0.5) is 9.52 Å². The van der Waals surface area contributed by atoms with E-state index in [1.807, 2.05) is 0 Å². The van der Waals surface area contributed by atoms with Crippen molar-refractivity contribution in [2.24, 2.45) is 0 Å². The predicted molar refractivity (Wildman–Crippen MR) is 113 cm³/mol. The summed E-state index contributed by atoms with van der Waals surface area (Å²) < 4.78 is 13.8. The zero-order chi connectivity index (χ0) is 21.0. The van der Waals surface area contributed by atoms with Gasteiger partial charge in [0.1, 0.15) is 5.82 Å². The number of anilines is 1. The number of benzene rings is 2. The fourth-order valence-corrected chi connectivity index (χ4v) is 4.05. The molecule has 0 saturated carbocycles. The molecule has 2 amide bonds. The minimum Gasteiger partial charge on any atom is -0.343 e. The second-order valence-electron chi connectivity index (χ2n) is 6.15. The van der Waals surface area contributed by atoms with Crippen LogP contribution in [0.3, 0.4) is 0 Å². The van der Waals surface area contributed by atoms with Crippen LogP contribution in [0.15, 0.2) is 42.5 Å². The maximum atomic E-state index is 13.8. The summed E-state index contributed by atoms with van der Waals surface area (Å²) in [5, 5.41) is 6.13. The summed E-state index contributed by atoms with van der Waals surface area (Å²) in [5.74, 6) is -1.21. The van der Waals surface area contributed by atoms with Crippen molar-refractivity contribution in [1.29, 1.82) is 0 Å². The molecule has 3 aromatic rings. The van der Waals surface area contributed by atoms with Crippen molar-refractivity contribution in [3.8, 4) is 0 Å². The average molecular weight is 452 g/mol. The molecule has 29 heavy (non-hydrogen) atoms. The van der Waals surface area contributed by atoms with Crippen LogP contribution in [-0.2, 0) is 11.2 Å². The first-order valence-corrected chi connectivity index (χ1v) is 10.1. The maximum Gasteiger partial charge on any atom is 0.253 e. The molecule has 1 heterocycles. The molecule has 0 unspecified atom stereocenters. The van der Waals surface area contributed by atoms with Crippen molar-refractivity contribution in [1.82, 2.24) is 10.3 Å². The zero-order valence-electron chi connectivity index (χ0n) is 15.3. The van der Waals surface area contributed by atoms with Crippen molar-refractivity contribution in [2.45, 2.75) is 13.3 Å². The van der Waals surface area contributed by atoms with Crippen molar-refractivity contribution in [2.75, 3.05) is 11.9 Å². The van der Waals surface area contributed by atoms with E-state index in [1.165, 1.54) is 35.6 Å². The highest BCUT2D eigenvalue weighted by molar-refractivity contribution is 7.15. The number of carbonyl (C=O) groups is 2. The minimum absolute atomic E-state index is 0.198. The number of nitrogens with zero attached hydrogens (tertiary/aromatic N) is 1. The maximum absolute atomic E-state index is 13.8. The Morgan fingerprint density at radius 3 is 2.66 bits per heavy atom. The monoisotopic (exact) mass is 451 g/mol. The van der Waals surface area contributed by atoms with Gasteiger partial charge in [0.2, 0.25) is 5.91 Å². The Bertz CT molecular complexity index is 1070. The van der Waals surface area contributed by atoms with Crippen LogP contribution < -0.4 is 10.6 Å². The van der Waals surface area contributed by atoms with E-state index in [4.69, 9.17) is 23.2 Å². The van der Waals surface area contributed by atoms with Gasteiger partial charge in [-0.25, -0.2) is 9.37 Å². The molecule has 0 aliphatic rings. The van der Waals surface area contributed by atoms with Gasteiger partial charge in [-0.2, -0.15) is 0 Å². The van der Waals surface area contributed by atoms with Crippen molar-refractivity contribution < 1.29 is 14.0 Å². The van der Waals surface area contributed by atoms with E-state index in [0.29, 0.717) is 27.8 Å². The van der Waals surface area contributed by atoms with Crippen molar-refractivity contribution in [3.63, 3.8) is 0 Å². The third-order valence-corrected chi connectivity index (χ3v) is 5.65. The second kappa shape index (κ2) is 9.35. The van der Waals surface area contributed by atoms with Gasteiger partial charge in [0.05, 0.1) is 22.8 Å². The van der Waals surface area contributed by atoms with Gasteiger partial charge in [-0.15, -0.1) is 11.3 Å². The molecule has 1 aromatic heterocycles. The number of carbonyl (C=O) groups excluding carboxylic acids is 2. The first-order valence-electron chi connectivity index (χ1n) is 8.56. The molecule has 0 radical (unpaired) electrons. The lowest BCUT2D eigenvalue weighted by Gasteiger charge is -2.07. The SMILES string of the molecule is Cc1nc(NC(=O)CNC(=O)c2ccc(Cl)cc2Cl)sc1Cc1ccccc1F. The predicted octanol–water partition coefficient (Wildman–Crippen LogP) is 4.86. The number of halogens is 3. The topological polar surface area (TPSA) is 71.1 Å². The van der Waals surface area contributed by atoms with Crippen LogP contribution in [0.2, 0.25) is 10.0 Å². The van der Waals surface area contributed by atoms with E-state index in [2.05, 4.69) is 15.6 Å². The number of hydrogen-bond acceptors (Lipinski definition) is 4. The first kappa shape index (κ1) is 21.2. The lowest BCUT2D eigenvalue weighted by molar-refractivity contribution is -0.115. The van der Waals surface area contributed by atoms with Gasteiger partial charge in [-0.05, 0) is 36.8 Å². The van der Waals surface area contributed by atoms with Crippen LogP contribution in [0.1, 0.15) is 26.5 Å². The van der Waals surface area contributed by atoms with Crippen LogP contribution in [0.25, 0.3) is 0 Å². The summed E-state index contributed by atoms with van der Waals surface area (Å²) in [6.07, 6.45) is 0.387. The zero-order valence-corrected chi connectivity index (χ0v) is 17.6. The molecule has 2 aromatic carbocycles. The van der Waals surface area contributed by atoms with Crippen molar-refractivity contribution >= 4 is 51.5 Å².